The number of aromatic nitrogens is 2. The van der Waals surface area contributed by atoms with Gasteiger partial charge in [0.05, 0.1) is 7.11 Å². The van der Waals surface area contributed by atoms with Gasteiger partial charge in [-0.3, -0.25) is 4.21 Å². The fourth-order valence-electron chi connectivity index (χ4n) is 2.58. The van der Waals surface area contributed by atoms with Crippen LogP contribution in [-0.2, 0) is 15.5 Å². The third-order valence-corrected chi connectivity index (χ3v) is 5.43. The topological polar surface area (TPSA) is 81.2 Å². The van der Waals surface area contributed by atoms with Crippen LogP contribution in [0.2, 0.25) is 0 Å². The predicted octanol–water partition coefficient (Wildman–Crippen LogP) is 1.75. The van der Waals surface area contributed by atoms with Crippen LogP contribution in [-0.4, -0.2) is 44.5 Å². The van der Waals surface area contributed by atoms with E-state index in [1.807, 2.05) is 6.92 Å². The van der Waals surface area contributed by atoms with E-state index in [9.17, 15) is 9.00 Å². The second kappa shape index (κ2) is 7.49. The number of methoxy groups -OCH3 is 1. The quantitative estimate of drug-likeness (QED) is 0.834. The predicted molar refractivity (Wildman–Crippen MR) is 81.7 cm³/mol. The number of carbonyl (C=O) groups is 1. The molecule has 1 N–H and O–H groups in total. The van der Waals surface area contributed by atoms with Gasteiger partial charge in [-0.25, -0.2) is 4.79 Å². The minimum absolute atomic E-state index is 0.191. The van der Waals surface area contributed by atoms with Crippen LogP contribution in [0.25, 0.3) is 0 Å². The van der Waals surface area contributed by atoms with Gasteiger partial charge >= 0.3 is 5.97 Å². The van der Waals surface area contributed by atoms with Crippen LogP contribution in [0.1, 0.15) is 43.1 Å². The summed E-state index contributed by atoms with van der Waals surface area (Å²) in [6.07, 6.45) is 4.03. The lowest BCUT2D eigenvalue weighted by Crippen LogP contribution is -2.33. The first-order valence-electron chi connectivity index (χ1n) is 7.19. The van der Waals surface area contributed by atoms with Crippen LogP contribution in [0.4, 0.5) is 5.82 Å². The number of hydrogen-bond donors (Lipinski definition) is 1. The number of ether oxygens (including phenoxy) is 1. The molecule has 0 amide bonds. The zero-order valence-corrected chi connectivity index (χ0v) is 13.2. The Kier molecular flexibility index (Phi) is 5.67. The maximum atomic E-state index is 11.9. The smallest absolute Gasteiger partial charge is 0.358 e. The first-order chi connectivity index (χ1) is 10.1. The molecule has 1 aliphatic rings. The van der Waals surface area contributed by atoms with E-state index >= 15 is 0 Å². The van der Waals surface area contributed by atoms with E-state index in [2.05, 4.69) is 20.3 Å². The number of anilines is 1. The average molecular weight is 311 g/mol. The van der Waals surface area contributed by atoms with Crippen molar-refractivity contribution >= 4 is 22.6 Å². The number of nitrogens with one attached hydrogen (secondary N) is 1. The lowest BCUT2D eigenvalue weighted by Gasteiger charge is -2.29. The molecule has 0 aliphatic heterocycles. The molecule has 1 saturated carbocycles. The zero-order chi connectivity index (χ0) is 15.2. The Labute approximate surface area is 127 Å². The minimum Gasteiger partial charge on any atom is -0.464 e. The van der Waals surface area contributed by atoms with Crippen molar-refractivity contribution < 1.29 is 13.7 Å². The highest BCUT2D eigenvalue weighted by molar-refractivity contribution is 7.85. The van der Waals surface area contributed by atoms with Gasteiger partial charge in [-0.05, 0) is 31.4 Å². The van der Waals surface area contributed by atoms with E-state index in [1.165, 1.54) is 7.11 Å². The third kappa shape index (κ3) is 4.23. The van der Waals surface area contributed by atoms with Crippen molar-refractivity contribution in [3.63, 3.8) is 0 Å². The molecule has 2 rings (SSSR count). The van der Waals surface area contributed by atoms with Crippen LogP contribution in [0, 0.1) is 0 Å². The molecule has 0 spiro atoms. The van der Waals surface area contributed by atoms with E-state index in [0.29, 0.717) is 11.6 Å². The maximum Gasteiger partial charge on any atom is 0.358 e. The highest BCUT2D eigenvalue weighted by Crippen LogP contribution is 2.25. The second-order valence-electron chi connectivity index (χ2n) is 5.09. The summed E-state index contributed by atoms with van der Waals surface area (Å²) >= 11 is 0. The van der Waals surface area contributed by atoms with Crippen LogP contribution < -0.4 is 5.32 Å². The number of carbonyl (C=O) groups excluding carboxylic acids is 1. The fourth-order valence-corrected chi connectivity index (χ4v) is 3.93. The SMILES string of the molecule is CCS(=O)C1CCCC(Nc2ccc(C(=O)OC)nn2)C1. The highest BCUT2D eigenvalue weighted by atomic mass is 32.2. The molecule has 1 aromatic heterocycles. The first kappa shape index (κ1) is 15.9. The van der Waals surface area contributed by atoms with Crippen LogP contribution >= 0.6 is 0 Å². The van der Waals surface area contributed by atoms with Gasteiger partial charge in [0.15, 0.2) is 5.69 Å². The molecule has 3 atom stereocenters. The van der Waals surface area contributed by atoms with Crippen molar-refractivity contribution in [1.82, 2.24) is 10.2 Å². The van der Waals surface area contributed by atoms with Gasteiger partial charge in [0, 0.05) is 27.8 Å². The van der Waals surface area contributed by atoms with Gasteiger partial charge in [-0.15, -0.1) is 10.2 Å². The fraction of sp³-hybridized carbons (Fsp3) is 0.643. The minimum atomic E-state index is -0.740. The summed E-state index contributed by atoms with van der Waals surface area (Å²) in [5.74, 6) is 0.853. The van der Waals surface area contributed by atoms with E-state index in [-0.39, 0.29) is 17.0 Å². The van der Waals surface area contributed by atoms with Crippen LogP contribution in [0.15, 0.2) is 12.1 Å². The summed E-state index contributed by atoms with van der Waals surface area (Å²) < 4.78 is 16.5. The average Bonchev–Trinajstić information content (AvgIpc) is 2.54. The third-order valence-electron chi connectivity index (χ3n) is 3.69. The molecule has 21 heavy (non-hydrogen) atoms. The van der Waals surface area contributed by atoms with Crippen molar-refractivity contribution in [1.29, 1.82) is 0 Å². The van der Waals surface area contributed by atoms with Crippen LogP contribution in [0.3, 0.4) is 0 Å². The van der Waals surface area contributed by atoms with Gasteiger partial charge in [-0.2, -0.15) is 0 Å². The van der Waals surface area contributed by atoms with Crippen molar-refractivity contribution in [3.05, 3.63) is 17.8 Å². The molecule has 6 nitrogen and oxygen atoms in total. The number of rotatable bonds is 5. The summed E-state index contributed by atoms with van der Waals surface area (Å²) in [4.78, 5) is 11.3. The molecular weight excluding hydrogens is 290 g/mol. The molecule has 3 unspecified atom stereocenters. The molecule has 0 radical (unpaired) electrons. The molecule has 0 bridgehead atoms. The molecule has 7 heteroatoms. The van der Waals surface area contributed by atoms with E-state index in [1.54, 1.807) is 12.1 Å². The second-order valence-corrected chi connectivity index (χ2v) is 7.10. The molecule has 1 aromatic rings. The normalized spacial score (nSPS) is 23.3. The summed E-state index contributed by atoms with van der Waals surface area (Å²) in [5.41, 5.74) is 0.191. The standard InChI is InChI=1S/C14H21N3O3S/c1-3-21(19)11-6-4-5-10(9-11)15-13-8-7-12(16-17-13)14(18)20-2/h7-8,10-11H,3-6,9H2,1-2H3,(H,15,17). The Balaban J connectivity index is 1.95. The number of hydrogen-bond acceptors (Lipinski definition) is 6. The summed E-state index contributed by atoms with van der Waals surface area (Å²) in [7, 11) is 0.571. The van der Waals surface area contributed by atoms with E-state index in [0.717, 1.165) is 25.7 Å². The van der Waals surface area contributed by atoms with Crippen molar-refractivity contribution in [2.45, 2.75) is 43.9 Å². The molecule has 1 heterocycles. The Bertz CT molecular complexity index is 507. The molecular formula is C14H21N3O3S. The van der Waals surface area contributed by atoms with Gasteiger partial charge in [0.25, 0.3) is 0 Å². The Morgan fingerprint density at radius 3 is 2.86 bits per heavy atom. The summed E-state index contributed by atoms with van der Waals surface area (Å²) in [5, 5.41) is 11.4. The number of nitrogens with zero attached hydrogens (tertiary/aromatic N) is 2. The molecule has 0 saturated heterocycles. The van der Waals surface area contributed by atoms with Gasteiger partial charge in [0.2, 0.25) is 0 Å². The summed E-state index contributed by atoms with van der Waals surface area (Å²) in [6.45, 7) is 1.96. The molecule has 0 aromatic carbocycles. The van der Waals surface area contributed by atoms with E-state index < -0.39 is 16.8 Å². The van der Waals surface area contributed by atoms with Gasteiger partial charge in [0.1, 0.15) is 5.82 Å². The zero-order valence-electron chi connectivity index (χ0n) is 12.4. The lowest BCUT2D eigenvalue weighted by molar-refractivity contribution is 0.0593. The Morgan fingerprint density at radius 1 is 1.43 bits per heavy atom. The first-order valence-corrected chi connectivity index (χ1v) is 8.58. The van der Waals surface area contributed by atoms with Crippen molar-refractivity contribution in [2.24, 2.45) is 0 Å². The highest BCUT2D eigenvalue weighted by Gasteiger charge is 2.25. The Hall–Kier alpha value is -1.50. The van der Waals surface area contributed by atoms with E-state index in [4.69, 9.17) is 0 Å². The molecule has 1 fully saturated rings. The number of esters is 1. The van der Waals surface area contributed by atoms with Gasteiger partial charge in [-0.1, -0.05) is 13.3 Å². The monoisotopic (exact) mass is 311 g/mol. The maximum absolute atomic E-state index is 11.9. The van der Waals surface area contributed by atoms with Gasteiger partial charge < -0.3 is 10.1 Å². The van der Waals surface area contributed by atoms with Crippen LogP contribution in [0.5, 0.6) is 0 Å². The van der Waals surface area contributed by atoms with Crippen molar-refractivity contribution in [2.75, 3.05) is 18.2 Å². The summed E-state index contributed by atoms with van der Waals surface area (Å²) in [6, 6.07) is 3.57. The molecule has 1 aliphatic carbocycles. The molecule has 116 valence electrons. The Morgan fingerprint density at radius 2 is 2.24 bits per heavy atom. The van der Waals surface area contributed by atoms with Crippen molar-refractivity contribution in [3.8, 4) is 0 Å². The lowest BCUT2D eigenvalue weighted by atomic mass is 9.95. The largest absolute Gasteiger partial charge is 0.464 e.